The van der Waals surface area contributed by atoms with Crippen LogP contribution in [0, 0.1) is 5.92 Å². The molecule has 3 N–H and O–H groups in total. The molecule has 3 amide bonds. The third-order valence-corrected chi connectivity index (χ3v) is 4.71. The second-order valence-corrected chi connectivity index (χ2v) is 7.71. The first-order valence-corrected chi connectivity index (χ1v) is 10.1. The number of aldehydes is 1. The molecular formula is C22H26BN3O5. The van der Waals surface area contributed by atoms with Gasteiger partial charge in [0.2, 0.25) is 5.91 Å². The van der Waals surface area contributed by atoms with Crippen LogP contribution in [-0.2, 0) is 24.0 Å². The molecule has 0 saturated heterocycles. The highest BCUT2D eigenvalue weighted by molar-refractivity contribution is 6.59. The van der Waals surface area contributed by atoms with Gasteiger partial charge in [-0.25, -0.2) is 0 Å². The van der Waals surface area contributed by atoms with E-state index in [0.29, 0.717) is 12.0 Å². The fourth-order valence-corrected chi connectivity index (χ4v) is 3.14. The van der Waals surface area contributed by atoms with Gasteiger partial charge in [-0.1, -0.05) is 50.2 Å². The maximum Gasteiger partial charge on any atom is 0.313 e. The fraction of sp³-hybridized carbons (Fsp3) is 0.318. The average Bonchev–Trinajstić information content (AvgIpc) is 2.72. The molecule has 0 heterocycles. The van der Waals surface area contributed by atoms with Crippen molar-refractivity contribution in [2.24, 2.45) is 5.92 Å². The molecule has 2 atom stereocenters. The predicted molar refractivity (Wildman–Crippen MR) is 120 cm³/mol. The van der Waals surface area contributed by atoms with Gasteiger partial charge in [0.1, 0.15) is 18.0 Å². The molecule has 162 valence electrons. The summed E-state index contributed by atoms with van der Waals surface area (Å²) in [6.07, 6.45) is 0.635. The number of amides is 3. The molecular weight excluding hydrogens is 397 g/mol. The van der Waals surface area contributed by atoms with E-state index in [2.05, 4.69) is 16.0 Å². The van der Waals surface area contributed by atoms with E-state index in [1.807, 2.05) is 44.2 Å². The molecule has 31 heavy (non-hydrogen) atoms. The summed E-state index contributed by atoms with van der Waals surface area (Å²) in [5.41, 5.74) is 0.106. The van der Waals surface area contributed by atoms with Crippen LogP contribution in [-0.4, -0.2) is 49.6 Å². The zero-order chi connectivity index (χ0) is 23.0. The first-order chi connectivity index (χ1) is 14.7. The predicted octanol–water partition coefficient (Wildman–Crippen LogP) is 0.543. The SMILES string of the molecule is BC(=O)[C@H](CC=O)NC(=O)C(CC(C)C)NC(=O)C(=O)Nc1cccc2ccccc12. The minimum Gasteiger partial charge on any atom is -0.345 e. The lowest BCUT2D eigenvalue weighted by Crippen LogP contribution is -2.53. The van der Waals surface area contributed by atoms with Crippen molar-refractivity contribution in [3.63, 3.8) is 0 Å². The molecule has 0 spiro atoms. The van der Waals surface area contributed by atoms with Crippen molar-refractivity contribution in [1.29, 1.82) is 0 Å². The summed E-state index contributed by atoms with van der Waals surface area (Å²) >= 11 is 0. The number of carbonyl (C=O) groups excluding carboxylic acids is 5. The van der Waals surface area contributed by atoms with Gasteiger partial charge in [-0.3, -0.25) is 14.4 Å². The minimum absolute atomic E-state index is 0.0269. The number of anilines is 1. The van der Waals surface area contributed by atoms with Crippen molar-refractivity contribution in [3.05, 3.63) is 42.5 Å². The van der Waals surface area contributed by atoms with Gasteiger partial charge in [-0.2, -0.15) is 0 Å². The Morgan fingerprint density at radius 2 is 1.61 bits per heavy atom. The number of hydrogen-bond donors (Lipinski definition) is 3. The Labute approximate surface area is 181 Å². The van der Waals surface area contributed by atoms with Crippen LogP contribution in [0.4, 0.5) is 5.69 Å². The third-order valence-electron chi connectivity index (χ3n) is 4.71. The van der Waals surface area contributed by atoms with E-state index in [0.717, 1.165) is 10.8 Å². The quantitative estimate of drug-likeness (QED) is 0.309. The second kappa shape index (κ2) is 11.1. The van der Waals surface area contributed by atoms with E-state index in [-0.39, 0.29) is 24.4 Å². The highest BCUT2D eigenvalue weighted by Crippen LogP contribution is 2.22. The molecule has 0 bridgehead atoms. The Hall–Kier alpha value is -3.49. The topological polar surface area (TPSA) is 121 Å². The molecule has 0 aliphatic rings. The van der Waals surface area contributed by atoms with Gasteiger partial charge >= 0.3 is 11.8 Å². The van der Waals surface area contributed by atoms with Crippen molar-refractivity contribution in [2.75, 3.05) is 5.32 Å². The van der Waals surface area contributed by atoms with Crippen molar-refractivity contribution >= 4 is 54.0 Å². The summed E-state index contributed by atoms with van der Waals surface area (Å²) < 4.78 is 0. The summed E-state index contributed by atoms with van der Waals surface area (Å²) in [6.45, 7) is 3.72. The molecule has 2 rings (SSSR count). The summed E-state index contributed by atoms with van der Waals surface area (Å²) in [5.74, 6) is -2.47. The summed E-state index contributed by atoms with van der Waals surface area (Å²) in [5, 5.41) is 9.18. The van der Waals surface area contributed by atoms with E-state index in [1.54, 1.807) is 12.1 Å². The van der Waals surface area contributed by atoms with Crippen LogP contribution in [0.3, 0.4) is 0 Å². The monoisotopic (exact) mass is 423 g/mol. The molecule has 0 saturated carbocycles. The first kappa shape index (κ1) is 23.8. The van der Waals surface area contributed by atoms with E-state index in [1.165, 1.54) is 7.85 Å². The smallest absolute Gasteiger partial charge is 0.313 e. The van der Waals surface area contributed by atoms with Crippen molar-refractivity contribution in [3.8, 4) is 0 Å². The van der Waals surface area contributed by atoms with Crippen LogP contribution in [0.5, 0.6) is 0 Å². The van der Waals surface area contributed by atoms with Crippen LogP contribution >= 0.6 is 0 Å². The normalized spacial score (nSPS) is 12.6. The van der Waals surface area contributed by atoms with Crippen LogP contribution in [0.15, 0.2) is 42.5 Å². The zero-order valence-corrected chi connectivity index (χ0v) is 17.8. The third kappa shape index (κ3) is 6.77. The van der Waals surface area contributed by atoms with E-state index in [4.69, 9.17) is 0 Å². The second-order valence-electron chi connectivity index (χ2n) is 7.71. The number of nitrogens with one attached hydrogen (secondary N) is 3. The number of rotatable bonds is 9. The average molecular weight is 423 g/mol. The summed E-state index contributed by atoms with van der Waals surface area (Å²) in [7, 11) is 1.27. The van der Waals surface area contributed by atoms with Crippen LogP contribution in [0.2, 0.25) is 0 Å². The maximum absolute atomic E-state index is 12.6. The van der Waals surface area contributed by atoms with Gasteiger partial charge < -0.3 is 25.5 Å². The molecule has 0 fully saturated rings. The van der Waals surface area contributed by atoms with Crippen LogP contribution in [0.1, 0.15) is 26.7 Å². The number of carbonyl (C=O) groups is 5. The largest absolute Gasteiger partial charge is 0.345 e. The van der Waals surface area contributed by atoms with Gasteiger partial charge in [0.25, 0.3) is 0 Å². The molecule has 1 unspecified atom stereocenters. The van der Waals surface area contributed by atoms with Gasteiger partial charge in [0.05, 0.1) is 6.04 Å². The van der Waals surface area contributed by atoms with Gasteiger partial charge in [0.15, 0.2) is 7.85 Å². The van der Waals surface area contributed by atoms with Gasteiger partial charge in [0, 0.05) is 17.5 Å². The molecule has 2 aromatic carbocycles. The molecule has 0 aliphatic heterocycles. The van der Waals surface area contributed by atoms with Crippen LogP contribution < -0.4 is 16.0 Å². The van der Waals surface area contributed by atoms with Gasteiger partial charge in [-0.15, -0.1) is 0 Å². The molecule has 8 nitrogen and oxygen atoms in total. The first-order valence-electron chi connectivity index (χ1n) is 10.1. The van der Waals surface area contributed by atoms with Crippen molar-refractivity contribution in [2.45, 2.75) is 38.8 Å². The Balaban J connectivity index is 2.11. The highest BCUT2D eigenvalue weighted by Gasteiger charge is 2.27. The van der Waals surface area contributed by atoms with E-state index < -0.39 is 29.8 Å². The number of hydrogen-bond acceptors (Lipinski definition) is 5. The van der Waals surface area contributed by atoms with Crippen molar-refractivity contribution in [1.82, 2.24) is 10.6 Å². The van der Waals surface area contributed by atoms with Crippen LogP contribution in [0.25, 0.3) is 10.8 Å². The number of fused-ring (bicyclic) bond motifs is 1. The zero-order valence-electron chi connectivity index (χ0n) is 17.8. The van der Waals surface area contributed by atoms with E-state index >= 15 is 0 Å². The van der Waals surface area contributed by atoms with Crippen molar-refractivity contribution < 1.29 is 24.0 Å². The van der Waals surface area contributed by atoms with E-state index in [9.17, 15) is 24.0 Å². The van der Waals surface area contributed by atoms with Gasteiger partial charge in [-0.05, 0) is 23.8 Å². The molecule has 0 aromatic heterocycles. The Morgan fingerprint density at radius 3 is 2.26 bits per heavy atom. The summed E-state index contributed by atoms with van der Waals surface area (Å²) in [4.78, 5) is 60.0. The Bertz CT molecular complexity index is 987. The Morgan fingerprint density at radius 1 is 0.935 bits per heavy atom. The maximum atomic E-state index is 12.6. The lowest BCUT2D eigenvalue weighted by atomic mass is 9.92. The molecule has 0 aliphatic carbocycles. The minimum atomic E-state index is -1.03. The lowest BCUT2D eigenvalue weighted by Gasteiger charge is -2.22. The number of benzene rings is 2. The standard InChI is InChI=1S/C22H26BN3O5/c1-13(2)12-18(20(29)25-17(10-11-27)19(23)28)26-22(31)21(30)24-16-9-5-7-14-6-3-4-8-15(14)16/h3-9,11,13,17-18H,10,12,23H2,1-2H3,(H,24,30)(H,25,29)(H,26,31)/t17-,18?/m0/s1. The highest BCUT2D eigenvalue weighted by atomic mass is 16.2. The fourth-order valence-electron chi connectivity index (χ4n) is 3.14. The molecule has 9 heteroatoms. The summed E-state index contributed by atoms with van der Waals surface area (Å²) in [6, 6.07) is 10.7. The molecule has 2 aromatic rings. The lowest BCUT2D eigenvalue weighted by molar-refractivity contribution is -0.138. The Kier molecular flexibility index (Phi) is 8.48. The molecule has 0 radical (unpaired) electrons.